The molecule has 116 valence electrons. The van der Waals surface area contributed by atoms with Crippen molar-refractivity contribution in [3.8, 4) is 0 Å². The molecule has 1 aliphatic carbocycles. The molecule has 0 N–H and O–H groups in total. The van der Waals surface area contributed by atoms with Crippen molar-refractivity contribution in [3.05, 3.63) is 42.0 Å². The van der Waals surface area contributed by atoms with Crippen LogP contribution >= 0.6 is 0 Å². The van der Waals surface area contributed by atoms with Crippen molar-refractivity contribution in [3.63, 3.8) is 0 Å². The predicted octanol–water partition coefficient (Wildman–Crippen LogP) is 1.78. The van der Waals surface area contributed by atoms with E-state index in [-0.39, 0.29) is 0 Å². The van der Waals surface area contributed by atoms with E-state index in [2.05, 4.69) is 19.7 Å². The van der Waals surface area contributed by atoms with Crippen molar-refractivity contribution in [2.45, 2.75) is 36.7 Å². The molecule has 0 spiro atoms. The fourth-order valence-corrected chi connectivity index (χ4v) is 4.09. The van der Waals surface area contributed by atoms with E-state index in [1.807, 2.05) is 30.3 Å². The smallest absolute Gasteiger partial charge is 0.147 e. The molecule has 6 heteroatoms. The van der Waals surface area contributed by atoms with Gasteiger partial charge in [0.1, 0.15) is 11.6 Å². The summed E-state index contributed by atoms with van der Waals surface area (Å²) in [5.74, 6) is 3.58. The fourth-order valence-electron chi connectivity index (χ4n) is 2.97. The SMILES string of the molecule is O=[S@](CCN1CCn2c(nnc2C2CC2)C1)c1ccccc1. The molecule has 1 fully saturated rings. The summed E-state index contributed by atoms with van der Waals surface area (Å²) in [5.41, 5.74) is 0. The first kappa shape index (κ1) is 14.1. The number of hydrogen-bond acceptors (Lipinski definition) is 4. The van der Waals surface area contributed by atoms with Crippen molar-refractivity contribution < 1.29 is 4.21 Å². The van der Waals surface area contributed by atoms with Gasteiger partial charge in [0.2, 0.25) is 0 Å². The summed E-state index contributed by atoms with van der Waals surface area (Å²) < 4.78 is 14.6. The van der Waals surface area contributed by atoms with Gasteiger partial charge in [-0.05, 0) is 25.0 Å². The third kappa shape index (κ3) is 2.85. The maximum absolute atomic E-state index is 12.3. The summed E-state index contributed by atoms with van der Waals surface area (Å²) >= 11 is 0. The molecule has 1 aromatic carbocycles. The zero-order chi connectivity index (χ0) is 14.9. The Labute approximate surface area is 132 Å². The molecule has 2 heterocycles. The summed E-state index contributed by atoms with van der Waals surface area (Å²) in [5, 5.41) is 8.71. The highest BCUT2D eigenvalue weighted by molar-refractivity contribution is 7.85. The van der Waals surface area contributed by atoms with Gasteiger partial charge in [-0.25, -0.2) is 0 Å². The summed E-state index contributed by atoms with van der Waals surface area (Å²) in [6.07, 6.45) is 2.52. The standard InChI is InChI=1S/C16H20N4OS/c21-22(14-4-2-1-3-5-14)11-10-19-8-9-20-15(12-19)17-18-16(20)13-6-7-13/h1-5,13H,6-12H2/t22-/m1/s1. The molecule has 2 aromatic rings. The normalized spacial score (nSPS) is 19.8. The molecule has 22 heavy (non-hydrogen) atoms. The quantitative estimate of drug-likeness (QED) is 0.844. The predicted molar refractivity (Wildman–Crippen MR) is 85.0 cm³/mol. The second kappa shape index (κ2) is 5.93. The minimum Gasteiger partial charge on any atom is -0.312 e. The van der Waals surface area contributed by atoms with Crippen molar-refractivity contribution in [1.29, 1.82) is 0 Å². The number of fused-ring (bicyclic) bond motifs is 1. The van der Waals surface area contributed by atoms with Crippen molar-refractivity contribution in [2.24, 2.45) is 0 Å². The monoisotopic (exact) mass is 316 g/mol. The van der Waals surface area contributed by atoms with E-state index in [4.69, 9.17) is 0 Å². The molecule has 4 rings (SSSR count). The molecule has 2 aliphatic rings. The van der Waals surface area contributed by atoms with Gasteiger partial charge < -0.3 is 4.57 Å². The Morgan fingerprint density at radius 3 is 2.73 bits per heavy atom. The second-order valence-electron chi connectivity index (χ2n) is 6.04. The molecule has 1 saturated carbocycles. The van der Waals surface area contributed by atoms with E-state index in [0.717, 1.165) is 36.9 Å². The average molecular weight is 316 g/mol. The number of hydrogen-bond donors (Lipinski definition) is 0. The fraction of sp³-hybridized carbons (Fsp3) is 0.500. The van der Waals surface area contributed by atoms with Gasteiger partial charge in [-0.3, -0.25) is 9.11 Å². The maximum Gasteiger partial charge on any atom is 0.147 e. The lowest BCUT2D eigenvalue weighted by atomic mass is 10.3. The first-order valence-electron chi connectivity index (χ1n) is 7.89. The van der Waals surface area contributed by atoms with Crippen molar-refractivity contribution in [1.82, 2.24) is 19.7 Å². The van der Waals surface area contributed by atoms with Crippen LogP contribution in [0.15, 0.2) is 35.2 Å². The second-order valence-corrected chi connectivity index (χ2v) is 7.61. The molecule has 0 radical (unpaired) electrons. The van der Waals surface area contributed by atoms with Crippen LogP contribution in [0.1, 0.15) is 30.4 Å². The number of aromatic nitrogens is 3. The molecular formula is C16H20N4OS. The topological polar surface area (TPSA) is 51.0 Å². The lowest BCUT2D eigenvalue weighted by molar-refractivity contribution is 0.227. The molecule has 0 amide bonds. The Bertz CT molecular complexity index is 681. The van der Waals surface area contributed by atoms with Gasteiger partial charge in [0, 0.05) is 36.2 Å². The third-order valence-corrected chi connectivity index (χ3v) is 5.75. The van der Waals surface area contributed by atoms with Crippen LogP contribution in [0.4, 0.5) is 0 Å². The minimum atomic E-state index is -0.920. The molecule has 1 atom stereocenters. The summed E-state index contributed by atoms with van der Waals surface area (Å²) in [4.78, 5) is 3.25. The highest BCUT2D eigenvalue weighted by Gasteiger charge is 2.31. The lowest BCUT2D eigenvalue weighted by Gasteiger charge is -2.27. The zero-order valence-corrected chi connectivity index (χ0v) is 13.3. The third-order valence-electron chi connectivity index (χ3n) is 4.40. The van der Waals surface area contributed by atoms with Gasteiger partial charge in [0.15, 0.2) is 0 Å². The van der Waals surface area contributed by atoms with Crippen LogP contribution < -0.4 is 0 Å². The Kier molecular flexibility index (Phi) is 3.80. The highest BCUT2D eigenvalue weighted by atomic mass is 32.2. The molecule has 1 aliphatic heterocycles. The van der Waals surface area contributed by atoms with Crippen LogP contribution in [0.2, 0.25) is 0 Å². The van der Waals surface area contributed by atoms with Crippen molar-refractivity contribution >= 4 is 10.8 Å². The Morgan fingerprint density at radius 1 is 1.14 bits per heavy atom. The van der Waals surface area contributed by atoms with Gasteiger partial charge in [0.25, 0.3) is 0 Å². The van der Waals surface area contributed by atoms with Gasteiger partial charge in [0.05, 0.1) is 17.3 Å². The first-order chi connectivity index (χ1) is 10.8. The summed E-state index contributed by atoms with van der Waals surface area (Å²) in [6.45, 7) is 3.63. The van der Waals surface area contributed by atoms with Crippen molar-refractivity contribution in [2.75, 3.05) is 18.8 Å². The van der Waals surface area contributed by atoms with E-state index in [1.54, 1.807) is 0 Å². The Morgan fingerprint density at radius 2 is 1.95 bits per heavy atom. The zero-order valence-electron chi connectivity index (χ0n) is 12.5. The number of benzene rings is 1. The highest BCUT2D eigenvalue weighted by Crippen LogP contribution is 2.39. The van der Waals surface area contributed by atoms with Crippen LogP contribution in [0.3, 0.4) is 0 Å². The van der Waals surface area contributed by atoms with E-state index in [0.29, 0.717) is 11.7 Å². The van der Waals surface area contributed by atoms with Crippen LogP contribution in [0, 0.1) is 0 Å². The number of nitrogens with zero attached hydrogens (tertiary/aromatic N) is 4. The summed E-state index contributed by atoms with van der Waals surface area (Å²) in [6, 6.07) is 9.71. The van der Waals surface area contributed by atoms with Gasteiger partial charge in [-0.15, -0.1) is 10.2 Å². The largest absolute Gasteiger partial charge is 0.312 e. The minimum absolute atomic E-state index is 0.651. The molecule has 1 aromatic heterocycles. The van der Waals surface area contributed by atoms with E-state index in [1.165, 1.54) is 18.7 Å². The van der Waals surface area contributed by atoms with E-state index >= 15 is 0 Å². The van der Waals surface area contributed by atoms with Gasteiger partial charge >= 0.3 is 0 Å². The number of rotatable bonds is 5. The van der Waals surface area contributed by atoms with Gasteiger partial charge in [-0.2, -0.15) is 0 Å². The molecule has 5 nitrogen and oxygen atoms in total. The molecule has 0 unspecified atom stereocenters. The maximum atomic E-state index is 12.3. The lowest BCUT2D eigenvalue weighted by Crippen LogP contribution is -2.36. The van der Waals surface area contributed by atoms with E-state index < -0.39 is 10.8 Å². The average Bonchev–Trinajstić information content (AvgIpc) is 3.33. The van der Waals surface area contributed by atoms with Crippen LogP contribution in [-0.2, 0) is 23.9 Å². The molecular weight excluding hydrogens is 296 g/mol. The van der Waals surface area contributed by atoms with Gasteiger partial charge in [-0.1, -0.05) is 18.2 Å². The Hall–Kier alpha value is -1.53. The molecule has 0 bridgehead atoms. The van der Waals surface area contributed by atoms with Crippen LogP contribution in [0.5, 0.6) is 0 Å². The Balaban J connectivity index is 1.36. The molecule has 0 saturated heterocycles. The first-order valence-corrected chi connectivity index (χ1v) is 9.21. The summed E-state index contributed by atoms with van der Waals surface area (Å²) in [7, 11) is -0.920. The van der Waals surface area contributed by atoms with Crippen LogP contribution in [-0.4, -0.2) is 42.7 Å². The van der Waals surface area contributed by atoms with E-state index in [9.17, 15) is 4.21 Å². The van der Waals surface area contributed by atoms with Crippen LogP contribution in [0.25, 0.3) is 0 Å².